The molecule has 0 aromatic carbocycles. The normalized spacial score (nSPS) is 32.7. The lowest BCUT2D eigenvalue weighted by atomic mass is 9.97. The van der Waals surface area contributed by atoms with E-state index >= 15 is 0 Å². The van der Waals surface area contributed by atoms with Crippen LogP contribution in [0, 0.1) is 5.92 Å². The molecule has 2 fully saturated rings. The minimum atomic E-state index is -2.84. The quantitative estimate of drug-likeness (QED) is 0.657. The predicted molar refractivity (Wildman–Crippen MR) is 49.8 cm³/mol. The average Bonchev–Trinajstić information content (AvgIpc) is 2.26. The van der Waals surface area contributed by atoms with Gasteiger partial charge in [0, 0.05) is 19.1 Å². The summed E-state index contributed by atoms with van der Waals surface area (Å²) in [5, 5.41) is 8.65. The number of hydrogen-bond donors (Lipinski definition) is 1. The second-order valence-electron chi connectivity index (χ2n) is 4.05. The van der Waals surface area contributed by atoms with Gasteiger partial charge in [0.1, 0.15) is 0 Å². The van der Waals surface area contributed by atoms with Crippen molar-refractivity contribution in [1.29, 1.82) is 0 Å². The molecule has 1 unspecified atom stereocenters. The van der Waals surface area contributed by atoms with Gasteiger partial charge in [-0.1, -0.05) is 0 Å². The van der Waals surface area contributed by atoms with E-state index in [-0.39, 0.29) is 23.5 Å². The zero-order chi connectivity index (χ0) is 10.3. The van der Waals surface area contributed by atoms with Gasteiger partial charge in [-0.05, 0) is 6.42 Å². The summed E-state index contributed by atoms with van der Waals surface area (Å²) in [6, 6.07) is 0.0654. The first-order valence-corrected chi connectivity index (χ1v) is 6.47. The first-order chi connectivity index (χ1) is 6.48. The van der Waals surface area contributed by atoms with Crippen LogP contribution in [0.5, 0.6) is 0 Å². The number of nitrogens with zero attached hydrogens (tertiary/aromatic N) is 1. The maximum atomic E-state index is 11.2. The number of hydrogen-bond acceptors (Lipinski definition) is 4. The number of sulfone groups is 1. The minimum absolute atomic E-state index is 0.0654. The second-order valence-corrected chi connectivity index (χ2v) is 6.27. The highest BCUT2D eigenvalue weighted by Crippen LogP contribution is 2.25. The van der Waals surface area contributed by atoms with E-state index in [1.54, 1.807) is 0 Å². The van der Waals surface area contributed by atoms with E-state index in [1.807, 2.05) is 4.90 Å². The van der Waals surface area contributed by atoms with Gasteiger partial charge in [-0.3, -0.25) is 9.69 Å². The van der Waals surface area contributed by atoms with Crippen molar-refractivity contribution in [2.45, 2.75) is 12.5 Å². The van der Waals surface area contributed by atoms with E-state index < -0.39 is 15.8 Å². The van der Waals surface area contributed by atoms with Crippen molar-refractivity contribution >= 4 is 15.8 Å². The SMILES string of the molecule is O=C(O)C1CN(C2CCS(=O)(=O)C2)C1. The molecule has 0 spiro atoms. The molecular weight excluding hydrogens is 206 g/mol. The molecule has 80 valence electrons. The van der Waals surface area contributed by atoms with Crippen LogP contribution in [0.4, 0.5) is 0 Å². The molecular formula is C8H13NO4S. The van der Waals surface area contributed by atoms with Crippen LogP contribution in [0.3, 0.4) is 0 Å². The molecule has 0 radical (unpaired) electrons. The third-order valence-electron chi connectivity index (χ3n) is 2.98. The molecule has 0 bridgehead atoms. The van der Waals surface area contributed by atoms with E-state index in [0.29, 0.717) is 19.5 Å². The highest BCUT2D eigenvalue weighted by atomic mass is 32.2. The third-order valence-corrected chi connectivity index (χ3v) is 4.73. The van der Waals surface area contributed by atoms with Gasteiger partial charge < -0.3 is 5.11 Å². The molecule has 6 heteroatoms. The Morgan fingerprint density at radius 2 is 2.00 bits per heavy atom. The molecule has 14 heavy (non-hydrogen) atoms. The summed E-state index contributed by atoms with van der Waals surface area (Å²) in [4.78, 5) is 12.5. The molecule has 2 saturated heterocycles. The Balaban J connectivity index is 1.87. The number of aliphatic carboxylic acids is 1. The van der Waals surface area contributed by atoms with Crippen LogP contribution >= 0.6 is 0 Å². The monoisotopic (exact) mass is 219 g/mol. The van der Waals surface area contributed by atoms with Crippen molar-refractivity contribution < 1.29 is 18.3 Å². The van der Waals surface area contributed by atoms with Crippen molar-refractivity contribution in [2.75, 3.05) is 24.6 Å². The summed E-state index contributed by atoms with van der Waals surface area (Å²) in [6.07, 6.45) is 0.661. The van der Waals surface area contributed by atoms with Crippen LogP contribution in [-0.4, -0.2) is 55.0 Å². The number of carboxylic acids is 1. The van der Waals surface area contributed by atoms with Crippen molar-refractivity contribution in [3.8, 4) is 0 Å². The molecule has 2 aliphatic heterocycles. The van der Waals surface area contributed by atoms with E-state index in [4.69, 9.17) is 5.11 Å². The highest BCUT2D eigenvalue weighted by Gasteiger charge is 2.40. The van der Waals surface area contributed by atoms with Crippen LogP contribution in [0.15, 0.2) is 0 Å². The van der Waals surface area contributed by atoms with Gasteiger partial charge in [0.15, 0.2) is 9.84 Å². The molecule has 0 aromatic heterocycles. The van der Waals surface area contributed by atoms with Gasteiger partial charge in [-0.15, -0.1) is 0 Å². The topological polar surface area (TPSA) is 74.7 Å². The summed E-state index contributed by atoms with van der Waals surface area (Å²) in [5.41, 5.74) is 0. The Hall–Kier alpha value is -0.620. The van der Waals surface area contributed by atoms with Crippen molar-refractivity contribution in [3.63, 3.8) is 0 Å². The molecule has 5 nitrogen and oxygen atoms in total. The summed E-state index contributed by atoms with van der Waals surface area (Å²) in [6.45, 7) is 1.02. The summed E-state index contributed by atoms with van der Waals surface area (Å²) in [7, 11) is -2.84. The first-order valence-electron chi connectivity index (χ1n) is 4.65. The zero-order valence-corrected chi connectivity index (χ0v) is 8.53. The summed E-state index contributed by atoms with van der Waals surface area (Å²) < 4.78 is 22.3. The maximum absolute atomic E-state index is 11.2. The van der Waals surface area contributed by atoms with E-state index in [2.05, 4.69) is 0 Å². The summed E-state index contributed by atoms with van der Waals surface area (Å²) in [5.74, 6) is -0.606. The molecule has 2 heterocycles. The molecule has 2 aliphatic rings. The van der Waals surface area contributed by atoms with Crippen molar-refractivity contribution in [3.05, 3.63) is 0 Å². The molecule has 0 aliphatic carbocycles. The highest BCUT2D eigenvalue weighted by molar-refractivity contribution is 7.91. The predicted octanol–water partition coefficient (Wildman–Crippen LogP) is -0.810. The smallest absolute Gasteiger partial charge is 0.309 e. The number of likely N-dealkylation sites (tertiary alicyclic amines) is 1. The molecule has 2 rings (SSSR count). The minimum Gasteiger partial charge on any atom is -0.481 e. The Morgan fingerprint density at radius 3 is 2.43 bits per heavy atom. The lowest BCUT2D eigenvalue weighted by molar-refractivity contribution is -0.148. The van der Waals surface area contributed by atoms with Crippen LogP contribution in [0.1, 0.15) is 6.42 Å². The van der Waals surface area contributed by atoms with E-state index in [0.717, 1.165) is 0 Å². The van der Waals surface area contributed by atoms with Crippen LogP contribution in [0.25, 0.3) is 0 Å². The Kier molecular flexibility index (Phi) is 2.27. The molecule has 1 atom stereocenters. The number of carboxylic acid groups (broad SMARTS) is 1. The number of carbonyl (C=O) groups is 1. The van der Waals surface area contributed by atoms with Crippen molar-refractivity contribution in [2.24, 2.45) is 5.92 Å². The standard InChI is InChI=1S/C8H13NO4S/c10-8(11)6-3-9(4-6)7-1-2-14(12,13)5-7/h6-7H,1-5H2,(H,10,11). The van der Waals surface area contributed by atoms with Crippen LogP contribution in [-0.2, 0) is 14.6 Å². The van der Waals surface area contributed by atoms with Crippen LogP contribution < -0.4 is 0 Å². The third kappa shape index (κ3) is 1.76. The Bertz CT molecular complexity index is 344. The second kappa shape index (κ2) is 3.20. The van der Waals surface area contributed by atoms with Gasteiger partial charge in [0.05, 0.1) is 17.4 Å². The fourth-order valence-corrected chi connectivity index (χ4v) is 3.79. The molecule has 0 saturated carbocycles. The van der Waals surface area contributed by atoms with Gasteiger partial charge >= 0.3 is 5.97 Å². The fraction of sp³-hybridized carbons (Fsp3) is 0.875. The van der Waals surface area contributed by atoms with Gasteiger partial charge in [-0.2, -0.15) is 0 Å². The fourth-order valence-electron chi connectivity index (χ4n) is 2.03. The number of rotatable bonds is 2. The maximum Gasteiger partial charge on any atom is 0.309 e. The van der Waals surface area contributed by atoms with Gasteiger partial charge in [0.25, 0.3) is 0 Å². The lowest BCUT2D eigenvalue weighted by Gasteiger charge is -2.40. The Morgan fingerprint density at radius 1 is 1.36 bits per heavy atom. The van der Waals surface area contributed by atoms with E-state index in [9.17, 15) is 13.2 Å². The molecule has 1 N–H and O–H groups in total. The van der Waals surface area contributed by atoms with E-state index in [1.165, 1.54) is 0 Å². The van der Waals surface area contributed by atoms with Crippen molar-refractivity contribution in [1.82, 2.24) is 4.90 Å². The van der Waals surface area contributed by atoms with Crippen LogP contribution in [0.2, 0.25) is 0 Å². The molecule has 0 aromatic rings. The largest absolute Gasteiger partial charge is 0.481 e. The van der Waals surface area contributed by atoms with Gasteiger partial charge in [-0.25, -0.2) is 8.42 Å². The first kappa shape index (κ1) is 9.92. The zero-order valence-electron chi connectivity index (χ0n) is 7.72. The Labute approximate surface area is 82.6 Å². The molecule has 0 amide bonds. The lowest BCUT2D eigenvalue weighted by Crippen LogP contribution is -2.55. The summed E-state index contributed by atoms with van der Waals surface area (Å²) >= 11 is 0. The average molecular weight is 219 g/mol. The van der Waals surface area contributed by atoms with Gasteiger partial charge in [0.2, 0.25) is 0 Å².